The molecule has 0 bridgehead atoms. The molecule has 0 aliphatic rings. The van der Waals surface area contributed by atoms with Gasteiger partial charge in [-0.3, -0.25) is 15.0 Å². The van der Waals surface area contributed by atoms with Gasteiger partial charge in [0.25, 0.3) is 0 Å². The summed E-state index contributed by atoms with van der Waals surface area (Å²) in [5.41, 5.74) is 5.48. The van der Waals surface area contributed by atoms with Crippen molar-refractivity contribution in [3.05, 3.63) is 0 Å². The fraction of sp³-hybridized carbons (Fsp3) is 0.667. The zero-order valence-corrected chi connectivity index (χ0v) is 10.7. The van der Waals surface area contributed by atoms with Gasteiger partial charge in [0.05, 0.1) is 17.1 Å². The van der Waals surface area contributed by atoms with E-state index in [9.17, 15) is 9.59 Å². The number of rotatable bonds is 4. The van der Waals surface area contributed by atoms with Crippen LogP contribution in [0, 0.1) is 0 Å². The second-order valence-corrected chi connectivity index (χ2v) is 3.96. The van der Waals surface area contributed by atoms with E-state index in [0.717, 1.165) is 0 Å². The lowest BCUT2D eigenvalue weighted by molar-refractivity contribution is -0.124. The Bertz CT molecular complexity index is 295. The Kier molecular flexibility index (Phi) is 5.91. The van der Waals surface area contributed by atoms with Gasteiger partial charge in [-0.25, -0.2) is 4.79 Å². The number of thiocarbonyl (C=S) groups is 1. The first-order chi connectivity index (χ1) is 7.31. The normalized spacial score (nSPS) is 14.1. The smallest absolute Gasteiger partial charge is 0.321 e. The van der Waals surface area contributed by atoms with Crippen molar-refractivity contribution < 1.29 is 9.59 Å². The third kappa shape index (κ3) is 4.11. The highest BCUT2D eigenvalue weighted by Gasteiger charge is 2.24. The van der Waals surface area contributed by atoms with Crippen molar-refractivity contribution >= 4 is 29.1 Å². The van der Waals surface area contributed by atoms with Gasteiger partial charge < -0.3 is 11.1 Å². The average molecular weight is 246 g/mol. The number of hydrogen-bond acceptors (Lipinski definition) is 4. The number of nitrogens with one attached hydrogen (secondary N) is 2. The van der Waals surface area contributed by atoms with Gasteiger partial charge in [-0.1, -0.05) is 12.2 Å². The summed E-state index contributed by atoms with van der Waals surface area (Å²) in [6.07, 6.45) is 0. The zero-order valence-electron chi connectivity index (χ0n) is 9.90. The molecule has 92 valence electrons. The Labute approximate surface area is 101 Å². The summed E-state index contributed by atoms with van der Waals surface area (Å²) in [5.74, 6) is -0.398. The highest BCUT2D eigenvalue weighted by Crippen LogP contribution is 2.02. The molecule has 0 heterocycles. The summed E-state index contributed by atoms with van der Waals surface area (Å²) in [7, 11) is 3.16. The number of urea groups is 1. The molecule has 6 nitrogen and oxygen atoms in total. The van der Waals surface area contributed by atoms with Crippen molar-refractivity contribution in [2.45, 2.75) is 25.9 Å². The van der Waals surface area contributed by atoms with E-state index in [1.807, 2.05) is 0 Å². The van der Waals surface area contributed by atoms with Crippen LogP contribution in [0.4, 0.5) is 4.79 Å². The molecular weight excluding hydrogens is 228 g/mol. The molecule has 0 fully saturated rings. The lowest BCUT2D eigenvalue weighted by Crippen LogP contribution is -2.52. The Morgan fingerprint density at radius 2 is 1.81 bits per heavy atom. The minimum Gasteiger partial charge on any atom is -0.392 e. The third-order valence-electron chi connectivity index (χ3n) is 2.48. The molecule has 0 aromatic heterocycles. The number of hydrogen-bond donors (Lipinski definition) is 3. The predicted molar refractivity (Wildman–Crippen MR) is 66.1 cm³/mol. The molecule has 4 N–H and O–H groups in total. The molecule has 7 heteroatoms. The van der Waals surface area contributed by atoms with E-state index in [2.05, 4.69) is 10.6 Å². The molecule has 0 aliphatic heterocycles. The Morgan fingerprint density at radius 1 is 1.31 bits per heavy atom. The van der Waals surface area contributed by atoms with Crippen LogP contribution in [0.15, 0.2) is 0 Å². The number of imide groups is 1. The van der Waals surface area contributed by atoms with E-state index in [4.69, 9.17) is 18.0 Å². The molecule has 0 aromatic carbocycles. The molecule has 0 saturated carbocycles. The van der Waals surface area contributed by atoms with E-state index in [-0.39, 0.29) is 6.04 Å². The van der Waals surface area contributed by atoms with Crippen molar-refractivity contribution in [1.82, 2.24) is 15.5 Å². The molecule has 0 spiro atoms. The van der Waals surface area contributed by atoms with Gasteiger partial charge in [0, 0.05) is 7.05 Å². The van der Waals surface area contributed by atoms with Gasteiger partial charge in [0.15, 0.2) is 0 Å². The molecular formula is C9H18N4O2S. The summed E-state index contributed by atoms with van der Waals surface area (Å²) >= 11 is 4.84. The molecule has 0 radical (unpaired) electrons. The van der Waals surface area contributed by atoms with Crippen molar-refractivity contribution in [2.24, 2.45) is 5.73 Å². The number of carbonyl (C=O) groups is 2. The Balaban J connectivity index is 4.43. The van der Waals surface area contributed by atoms with Crippen LogP contribution in [0.1, 0.15) is 13.8 Å². The van der Waals surface area contributed by atoms with E-state index in [0.29, 0.717) is 4.99 Å². The first kappa shape index (κ1) is 14.8. The topological polar surface area (TPSA) is 87.5 Å². The summed E-state index contributed by atoms with van der Waals surface area (Å²) in [6, 6.07) is -1.23. The third-order valence-corrected chi connectivity index (χ3v) is 2.82. The van der Waals surface area contributed by atoms with Crippen LogP contribution in [0.3, 0.4) is 0 Å². The number of nitrogens with two attached hydrogens (primary N) is 1. The van der Waals surface area contributed by atoms with Crippen molar-refractivity contribution in [2.75, 3.05) is 14.1 Å². The standard InChI is InChI=1S/C9H18N4O2S/c1-5(7(10)16)13(4)6(2)8(14)12-9(15)11-3/h5-6H,1-4H3,(H2,10,16)(H2,11,12,14,15). The van der Waals surface area contributed by atoms with Crippen LogP contribution >= 0.6 is 12.2 Å². The zero-order chi connectivity index (χ0) is 12.9. The molecule has 2 atom stereocenters. The summed E-state index contributed by atoms with van der Waals surface area (Å²) < 4.78 is 0. The lowest BCUT2D eigenvalue weighted by atomic mass is 10.2. The van der Waals surface area contributed by atoms with Crippen molar-refractivity contribution in [3.63, 3.8) is 0 Å². The Morgan fingerprint density at radius 3 is 2.19 bits per heavy atom. The lowest BCUT2D eigenvalue weighted by Gasteiger charge is -2.28. The first-order valence-corrected chi connectivity index (χ1v) is 5.25. The quantitative estimate of drug-likeness (QED) is 0.579. The minimum absolute atomic E-state index is 0.208. The predicted octanol–water partition coefficient (Wildman–Crippen LogP) is -0.563. The fourth-order valence-corrected chi connectivity index (χ4v) is 1.17. The maximum Gasteiger partial charge on any atom is 0.321 e. The van der Waals surface area contributed by atoms with Crippen LogP contribution in [-0.2, 0) is 4.79 Å². The summed E-state index contributed by atoms with van der Waals surface area (Å²) in [4.78, 5) is 24.5. The van der Waals surface area contributed by atoms with Crippen LogP contribution < -0.4 is 16.4 Å². The van der Waals surface area contributed by atoms with E-state index >= 15 is 0 Å². The van der Waals surface area contributed by atoms with E-state index < -0.39 is 18.0 Å². The molecule has 0 aromatic rings. The molecule has 0 aliphatic carbocycles. The highest BCUT2D eigenvalue weighted by atomic mass is 32.1. The molecule has 0 rings (SSSR count). The van der Waals surface area contributed by atoms with E-state index in [1.165, 1.54) is 7.05 Å². The minimum atomic E-state index is -0.534. The molecule has 2 unspecified atom stereocenters. The number of likely N-dealkylation sites (N-methyl/N-ethyl adjacent to an activating group) is 1. The van der Waals surface area contributed by atoms with Gasteiger partial charge in [-0.2, -0.15) is 0 Å². The average Bonchev–Trinajstić information content (AvgIpc) is 2.25. The van der Waals surface area contributed by atoms with Crippen LogP contribution in [0.5, 0.6) is 0 Å². The van der Waals surface area contributed by atoms with Gasteiger partial charge in [0.1, 0.15) is 0 Å². The highest BCUT2D eigenvalue weighted by molar-refractivity contribution is 7.80. The first-order valence-electron chi connectivity index (χ1n) is 4.85. The molecule has 0 saturated heterocycles. The second-order valence-electron chi connectivity index (χ2n) is 3.49. The maximum absolute atomic E-state index is 11.6. The number of carbonyl (C=O) groups excluding carboxylic acids is 2. The van der Waals surface area contributed by atoms with Gasteiger partial charge in [-0.15, -0.1) is 0 Å². The van der Waals surface area contributed by atoms with Crippen molar-refractivity contribution in [1.29, 1.82) is 0 Å². The molecule has 3 amide bonds. The SMILES string of the molecule is CNC(=O)NC(=O)C(C)N(C)C(C)C(N)=S. The summed E-state index contributed by atoms with van der Waals surface area (Å²) in [6.45, 7) is 3.47. The van der Waals surface area contributed by atoms with E-state index in [1.54, 1.807) is 25.8 Å². The van der Waals surface area contributed by atoms with Crippen LogP contribution in [0.25, 0.3) is 0 Å². The number of amides is 3. The second kappa shape index (κ2) is 6.39. The van der Waals surface area contributed by atoms with Crippen molar-refractivity contribution in [3.8, 4) is 0 Å². The van der Waals surface area contributed by atoms with Crippen LogP contribution in [-0.4, -0.2) is 48.0 Å². The Hall–Kier alpha value is -1.21. The van der Waals surface area contributed by atoms with Gasteiger partial charge in [-0.05, 0) is 20.9 Å². The monoisotopic (exact) mass is 246 g/mol. The maximum atomic E-state index is 11.6. The van der Waals surface area contributed by atoms with Gasteiger partial charge >= 0.3 is 6.03 Å². The fourth-order valence-electron chi connectivity index (χ4n) is 1.000. The molecule has 16 heavy (non-hydrogen) atoms. The van der Waals surface area contributed by atoms with Gasteiger partial charge in [0.2, 0.25) is 5.91 Å². The van der Waals surface area contributed by atoms with Crippen LogP contribution in [0.2, 0.25) is 0 Å². The largest absolute Gasteiger partial charge is 0.392 e. The summed E-state index contributed by atoms with van der Waals surface area (Å²) in [5, 5.41) is 4.49. The number of nitrogens with zero attached hydrogens (tertiary/aromatic N) is 1.